The van der Waals surface area contributed by atoms with Crippen molar-refractivity contribution in [2.75, 3.05) is 203 Å². The van der Waals surface area contributed by atoms with Gasteiger partial charge in [0.2, 0.25) is 0 Å². The third-order valence-corrected chi connectivity index (χ3v) is 34.9. The van der Waals surface area contributed by atoms with Crippen molar-refractivity contribution in [3.63, 3.8) is 0 Å². The summed E-state index contributed by atoms with van der Waals surface area (Å²) in [6.45, 7) is 44.4. The number of esters is 1. The van der Waals surface area contributed by atoms with Gasteiger partial charge in [0.25, 0.3) is 0 Å². The van der Waals surface area contributed by atoms with Crippen molar-refractivity contribution in [1.29, 1.82) is 10.5 Å². The van der Waals surface area contributed by atoms with E-state index in [-0.39, 0.29) is 55.3 Å². The van der Waals surface area contributed by atoms with E-state index < -0.39 is 0 Å². The zero-order valence-corrected chi connectivity index (χ0v) is 93.9. The van der Waals surface area contributed by atoms with Crippen LogP contribution in [0.2, 0.25) is 0 Å². The minimum atomic E-state index is -0.131. The minimum Gasteiger partial charge on any atom is -0.662 e. The Morgan fingerprint density at radius 3 is 0.644 bits per heavy atom. The van der Waals surface area contributed by atoms with Gasteiger partial charge in [-0.3, -0.25) is 29.2 Å². The van der Waals surface area contributed by atoms with Gasteiger partial charge in [-0.15, -0.1) is 26.2 Å². The smallest absolute Gasteiger partial charge is 0.319 e. The summed E-state index contributed by atoms with van der Waals surface area (Å²) in [4.78, 5) is 57.6. The van der Waals surface area contributed by atoms with Gasteiger partial charge in [-0.25, -0.2) is 0 Å². The number of unbranched alkanes of at least 4 members (excludes halogenated alkanes) is 8. The molecule has 0 aliphatic carbocycles. The summed E-state index contributed by atoms with van der Waals surface area (Å²) < 4.78 is 4.69. The number of ketones is 1. The normalized spacial score (nSPS) is 15.1. The maximum Gasteiger partial charge on any atom is 0.319 e. The molecule has 4 saturated heterocycles. The van der Waals surface area contributed by atoms with E-state index in [1.807, 2.05) is 0 Å². The van der Waals surface area contributed by atoms with Gasteiger partial charge in [0, 0.05) is 104 Å². The second-order valence-corrected chi connectivity index (χ2v) is 45.5. The quantitative estimate of drug-likeness (QED) is 0.0153. The van der Waals surface area contributed by atoms with Crippen LogP contribution in [0.3, 0.4) is 0 Å². The Balaban J connectivity index is 0.000000189. The Hall–Kier alpha value is -10.3. The van der Waals surface area contributed by atoms with Crippen molar-refractivity contribution >= 4 is 55.3 Å². The average molecular weight is 2080 g/mol. The van der Waals surface area contributed by atoms with Gasteiger partial charge in [0.05, 0.1) is 89.0 Å². The summed E-state index contributed by atoms with van der Waals surface area (Å²) in [5, 5.41) is 34.8. The molecule has 0 bridgehead atoms. The van der Waals surface area contributed by atoms with E-state index in [1.165, 1.54) is 169 Å². The first-order valence-corrected chi connectivity index (χ1v) is 59.5. The predicted octanol–water partition coefficient (Wildman–Crippen LogP) is 26.4. The van der Waals surface area contributed by atoms with Gasteiger partial charge in [0.1, 0.15) is 5.78 Å². The zero-order chi connectivity index (χ0) is 105. The van der Waals surface area contributed by atoms with Crippen molar-refractivity contribution in [2.24, 2.45) is 0 Å². The molecule has 4 aliphatic heterocycles. The largest absolute Gasteiger partial charge is 0.662 e. The van der Waals surface area contributed by atoms with Gasteiger partial charge in [-0.1, -0.05) is 297 Å². The van der Waals surface area contributed by atoms with Crippen LogP contribution in [0.4, 0.5) is 0 Å². The molecule has 21 heteroatoms. The second kappa shape index (κ2) is 77.1. The molecule has 0 amide bonds. The van der Waals surface area contributed by atoms with E-state index in [4.69, 9.17) is 10.5 Å². The lowest BCUT2D eigenvalue weighted by Crippen LogP contribution is -2.56. The molecule has 4 fully saturated rings. The first kappa shape index (κ1) is 122. The van der Waals surface area contributed by atoms with Gasteiger partial charge < -0.3 is 45.6 Å². The van der Waals surface area contributed by atoms with Crippen molar-refractivity contribution in [2.45, 2.75) is 196 Å². The van der Waals surface area contributed by atoms with Crippen molar-refractivity contribution in [3.05, 3.63) is 385 Å². The molecule has 149 heavy (non-hydrogen) atoms. The Morgan fingerprint density at radius 2 is 0.456 bits per heavy atom. The Kier molecular flexibility index (Phi) is 63.2. The number of piperazine rings is 4. The van der Waals surface area contributed by atoms with E-state index in [2.05, 4.69) is 483 Å². The number of carbonyl (C=O) groups is 2. The molecule has 0 saturated carbocycles. The van der Waals surface area contributed by atoms with Crippen LogP contribution in [0.15, 0.2) is 423 Å². The maximum absolute atomic E-state index is 11.2. The number of carbonyl (C=O) groups excluding carboxylic acids is 2. The van der Waals surface area contributed by atoms with Crippen LogP contribution < -0.4 is 0 Å². The molecule has 16 rings (SSSR count). The Labute approximate surface area is 909 Å². The fourth-order valence-electron chi connectivity index (χ4n) is 18.1. The molecular formula is C128H170N14O3S4. The van der Waals surface area contributed by atoms with Crippen LogP contribution in [-0.2, 0) is 57.9 Å². The van der Waals surface area contributed by atoms with Gasteiger partial charge >= 0.3 is 5.97 Å². The maximum atomic E-state index is 11.2. The van der Waals surface area contributed by atoms with E-state index in [1.54, 1.807) is 6.92 Å². The SMILES string of the molecule is CC[N-]CCCCCN1CC(C)N(CC#N)C(C)C1.CC[N-]CCCCCN1CCN(CC#N)CC1.CC[N-]CCCCCN1CCN(CC(=O)OC)CC1.CC[N-]CCCCCN1CCN(CC(C)=O)CC1.c1ccc([S+](c2ccccc2)c2ccccc2)cc1.c1ccc([S+](c2ccccc2)c2ccccc2)cc1.c1ccc([S+](c2ccccc2)c2ccccc2)cc1.c1ccc([S+](c2ccccc2)c2ccccc2)cc1. The number of hydrogen-bond donors (Lipinski definition) is 0. The summed E-state index contributed by atoms with van der Waals surface area (Å²) in [7, 11) is 1.39. The molecule has 0 spiro atoms. The topological polar surface area (TPSA) is 173 Å². The lowest BCUT2D eigenvalue weighted by atomic mass is 10.1. The highest BCUT2D eigenvalue weighted by molar-refractivity contribution is 7.98. The first-order valence-electron chi connectivity index (χ1n) is 54.6. The van der Waals surface area contributed by atoms with Gasteiger partial charge in [0.15, 0.2) is 58.7 Å². The summed E-state index contributed by atoms with van der Waals surface area (Å²) in [6.07, 6.45) is 15.2. The number of nitriles is 2. The Morgan fingerprint density at radius 1 is 0.268 bits per heavy atom. The zero-order valence-electron chi connectivity index (χ0n) is 90.6. The number of hydrogen-bond acceptors (Lipinski definition) is 13. The molecule has 0 aromatic heterocycles. The van der Waals surface area contributed by atoms with Gasteiger partial charge in [-0.05, 0) is 218 Å². The number of benzene rings is 12. The lowest BCUT2D eigenvalue weighted by molar-refractivity contribution is -0.142. The number of rotatable bonds is 46. The number of Topliss-reactive ketones (excluding diaryl/α,β-unsaturated/α-hetero) is 1. The van der Waals surface area contributed by atoms with Crippen molar-refractivity contribution in [3.8, 4) is 12.1 Å². The fraction of sp³-hybridized carbons (Fsp3) is 0.406. The molecule has 0 radical (unpaired) electrons. The van der Waals surface area contributed by atoms with Crippen LogP contribution in [0, 0.1) is 22.7 Å². The third kappa shape index (κ3) is 48.9. The molecule has 2 unspecified atom stereocenters. The summed E-state index contributed by atoms with van der Waals surface area (Å²) in [5.41, 5.74) is 0. The molecule has 17 nitrogen and oxygen atoms in total. The number of ether oxygens (including phenoxy) is 1. The van der Waals surface area contributed by atoms with Crippen molar-refractivity contribution in [1.82, 2.24) is 39.2 Å². The molecule has 2 atom stereocenters. The second-order valence-electron chi connectivity index (χ2n) is 37.4. The standard InChI is InChI=1S/4C18H15S.C15H29N4.C14H28N3O2.C14H28N3O.C13H25N4/c4*1-4-10-16(11-5-1)19(17-12-6-2-7-13-17)18-14-8-3-9-15-18;1-4-17-9-6-5-7-10-18-12-14(2)19(11-8-16)15(3)13-18;1-3-15-7-5-4-6-8-16-9-11-17(12-10-16)13-14(18)19-2;1-3-15-7-5-4-6-8-16-9-11-17(12-10-16)13-14(2)18;1-2-15-7-4-3-5-8-16-10-12-17(9-6-14)13-11-16/h4*1-15H;14-15H,4-7,9-13H2,1-3H3;3-13H2,1-2H3;3-13H2,1-2H3;2-5,7-13H2,1H3/q4*+1;4*-1. The number of nitrogens with zero attached hydrogens (tertiary/aromatic N) is 14. The highest BCUT2D eigenvalue weighted by Gasteiger charge is 2.34. The predicted molar refractivity (Wildman–Crippen MR) is 631 cm³/mol. The minimum absolute atomic E-state index is 0.0146. The highest BCUT2D eigenvalue weighted by Crippen LogP contribution is 2.36. The molecule has 0 N–H and O–H groups in total. The average Bonchev–Trinajstić information content (AvgIpc) is 0.826. The molecule has 4 heterocycles. The van der Waals surface area contributed by atoms with Crippen molar-refractivity contribution < 1.29 is 14.3 Å². The molecular weight excluding hydrogens is 1910 g/mol. The van der Waals surface area contributed by atoms with Crippen LogP contribution >= 0.6 is 0 Å². The monoisotopic (exact) mass is 2080 g/mol. The van der Waals surface area contributed by atoms with E-state index in [0.717, 1.165) is 144 Å². The molecule has 12 aromatic rings. The third-order valence-electron chi connectivity index (χ3n) is 25.9. The summed E-state index contributed by atoms with van der Waals surface area (Å²) in [6, 6.07) is 134. The van der Waals surface area contributed by atoms with Crippen LogP contribution in [0.5, 0.6) is 0 Å². The van der Waals surface area contributed by atoms with Crippen LogP contribution in [-0.4, -0.2) is 266 Å². The number of methoxy groups -OCH3 is 1. The fourth-order valence-corrected chi connectivity index (χ4v) is 26.5. The van der Waals surface area contributed by atoms with E-state index in [9.17, 15) is 9.59 Å². The Bertz CT molecular complexity index is 4540. The summed E-state index contributed by atoms with van der Waals surface area (Å²) in [5.74, 6) is 0.149. The highest BCUT2D eigenvalue weighted by atomic mass is 32.2. The van der Waals surface area contributed by atoms with E-state index in [0.29, 0.717) is 38.3 Å². The molecule has 12 aromatic carbocycles. The van der Waals surface area contributed by atoms with Crippen LogP contribution in [0.1, 0.15) is 126 Å². The van der Waals surface area contributed by atoms with E-state index >= 15 is 0 Å². The first-order chi connectivity index (χ1) is 73.3. The lowest BCUT2D eigenvalue weighted by Gasteiger charge is -2.43. The van der Waals surface area contributed by atoms with Crippen LogP contribution in [0.25, 0.3) is 21.3 Å². The molecule has 794 valence electrons. The molecule has 4 aliphatic rings. The summed E-state index contributed by atoms with van der Waals surface area (Å²) >= 11 is 0. The van der Waals surface area contributed by atoms with Gasteiger partial charge in [-0.2, -0.15) is 36.7 Å².